The number of esters is 2. The molecular weight excluding hydrogens is 1020 g/mol. The average Bonchev–Trinajstić information content (AvgIpc) is 3.76. The van der Waals surface area contributed by atoms with Crippen LogP contribution in [0.15, 0.2) is 36.4 Å². The van der Waals surface area contributed by atoms with Gasteiger partial charge in [0.15, 0.2) is 6.10 Å². The van der Waals surface area contributed by atoms with E-state index in [1.807, 2.05) is 65.5 Å². The van der Waals surface area contributed by atoms with Crippen molar-refractivity contribution in [2.75, 3.05) is 39.8 Å². The number of carbonyl (C=O) groups is 4. The highest BCUT2D eigenvalue weighted by molar-refractivity contribution is 6.35. The van der Waals surface area contributed by atoms with Crippen molar-refractivity contribution in [3.63, 3.8) is 0 Å². The predicted molar refractivity (Wildman–Crippen MR) is 292 cm³/mol. The Morgan fingerprint density at radius 1 is 0.895 bits per heavy atom. The van der Waals surface area contributed by atoms with E-state index in [4.69, 9.17) is 56.7 Å². The number of ketones is 1. The summed E-state index contributed by atoms with van der Waals surface area (Å²) in [6, 6.07) is 5.20. The molecule has 1 aromatic rings. The number of amides is 1. The molecule has 0 aromatic heterocycles. The molecule has 6 rings (SSSR count). The molecule has 2 unspecified atom stereocenters. The van der Waals surface area contributed by atoms with Gasteiger partial charge in [0.1, 0.15) is 11.9 Å². The molecule has 5 aliphatic heterocycles. The van der Waals surface area contributed by atoms with Crippen LogP contribution >= 0.6 is 23.2 Å². The molecule has 0 aliphatic carbocycles. The molecule has 17 heteroatoms. The highest BCUT2D eigenvalue weighted by Gasteiger charge is 2.60. The van der Waals surface area contributed by atoms with Gasteiger partial charge in [0.05, 0.1) is 60.7 Å². The standard InChI is InChI=1S/C59H90Cl2N2O13/c1-13-45(55(67)63-30-28-62(29-31-63)34-43(56(68)70-12)19-18-42-20-21-44(60)33-47(42)61)48-22-17-36(5)53(73-48)39(8)51(65)38(7)52(66)46(14-2)54-37(6)32-35(4)16-23-50(72-41(10)64)59(76-74-54)27-26-57(11,75-59)49-24-25-58(69,15-3)40(9)71-49/h16,18-21,23,33,35-40,43,45-46,48-51,53-54,65,69H,13-15,17,22,24-32,34H2,1-12H3/b19-18-,23-16-/t35-,36-,37-,38-,39-,40-,43?,45?,46-,48+,49+,50+,51+,53+,54-,57-,58+,59-/m0/s1. The lowest BCUT2D eigenvalue weighted by atomic mass is 9.74. The number of benzene rings is 1. The van der Waals surface area contributed by atoms with Gasteiger partial charge in [-0.15, -0.1) is 0 Å². The molecule has 0 saturated carbocycles. The number of aliphatic hydroxyl groups is 2. The first-order valence-corrected chi connectivity index (χ1v) is 29.1. The molecule has 15 nitrogen and oxygen atoms in total. The van der Waals surface area contributed by atoms with E-state index in [0.717, 1.165) is 12.0 Å². The fourth-order valence-electron chi connectivity index (χ4n) is 12.8. The maximum absolute atomic E-state index is 15.0. The van der Waals surface area contributed by atoms with Crippen LogP contribution in [0.25, 0.3) is 6.08 Å². The van der Waals surface area contributed by atoms with E-state index < -0.39 is 83.1 Å². The Morgan fingerprint density at radius 3 is 2.21 bits per heavy atom. The quantitative estimate of drug-likeness (QED) is 0.0806. The maximum Gasteiger partial charge on any atom is 0.313 e. The van der Waals surface area contributed by atoms with E-state index in [0.29, 0.717) is 101 Å². The molecule has 428 valence electrons. The van der Waals surface area contributed by atoms with Gasteiger partial charge in [-0.2, -0.15) is 4.89 Å². The third kappa shape index (κ3) is 14.5. The lowest BCUT2D eigenvalue weighted by molar-refractivity contribution is -0.468. The van der Waals surface area contributed by atoms with Gasteiger partial charge in [0.2, 0.25) is 11.7 Å². The Hall–Kier alpha value is -2.96. The zero-order valence-electron chi connectivity index (χ0n) is 47.3. The number of halogens is 2. The van der Waals surface area contributed by atoms with E-state index in [1.54, 1.807) is 37.3 Å². The van der Waals surface area contributed by atoms with Gasteiger partial charge in [-0.1, -0.05) is 103 Å². The first kappa shape index (κ1) is 62.2. The van der Waals surface area contributed by atoms with E-state index in [1.165, 1.54) is 14.0 Å². The van der Waals surface area contributed by atoms with Gasteiger partial charge >= 0.3 is 11.9 Å². The van der Waals surface area contributed by atoms with Crippen LogP contribution in [0.3, 0.4) is 0 Å². The molecule has 18 atom stereocenters. The van der Waals surface area contributed by atoms with Crippen molar-refractivity contribution in [3.8, 4) is 0 Å². The second-order valence-electron chi connectivity index (χ2n) is 23.3. The number of rotatable bonds is 18. The van der Waals surface area contributed by atoms with Gasteiger partial charge in [-0.05, 0) is 113 Å². The summed E-state index contributed by atoms with van der Waals surface area (Å²) in [6.45, 7) is 23.6. The number of hydrogen-bond donors (Lipinski definition) is 2. The largest absolute Gasteiger partial charge is 0.469 e. The van der Waals surface area contributed by atoms with Gasteiger partial charge in [-0.25, -0.2) is 4.89 Å². The highest BCUT2D eigenvalue weighted by Crippen LogP contribution is 2.49. The first-order valence-electron chi connectivity index (χ1n) is 28.3. The number of hydrogen-bond acceptors (Lipinski definition) is 14. The van der Waals surface area contributed by atoms with Crippen molar-refractivity contribution in [2.45, 2.75) is 200 Å². The smallest absolute Gasteiger partial charge is 0.313 e. The van der Waals surface area contributed by atoms with Crippen LogP contribution in [-0.4, -0.2) is 143 Å². The summed E-state index contributed by atoms with van der Waals surface area (Å²) in [5, 5.41) is 24.4. The second kappa shape index (κ2) is 27.0. The van der Waals surface area contributed by atoms with Gasteiger partial charge in [0, 0.05) is 73.9 Å². The molecule has 1 amide bonds. The minimum atomic E-state index is -1.57. The Balaban J connectivity index is 1.11. The SMILES string of the molecule is CCC(C(=O)N1CCN(CC(/C=C\c2ccc(Cl)cc2Cl)C(=O)OC)CC1)[C@H]1CC[C@H](C)[C@H]([C@@H](C)[C@H](O)[C@H](C)C(=O)[C@H](CC)[C@H]2OO[C@@]3(CC[C@@](C)([C@H]4CC[C@](O)(CC)[C@H](C)O4)O3)[C@H](OC(C)=O)/C=C\[C@H](C)C[C@@H]2C)O1. The third-order valence-corrected chi connectivity index (χ3v) is 18.5. The summed E-state index contributed by atoms with van der Waals surface area (Å²) in [6.07, 6.45) is 8.66. The minimum absolute atomic E-state index is 0.00867. The van der Waals surface area contributed by atoms with Crippen LogP contribution in [0, 0.1) is 47.3 Å². The summed E-state index contributed by atoms with van der Waals surface area (Å²) in [7, 11) is 1.37. The van der Waals surface area contributed by atoms with Crippen LogP contribution < -0.4 is 0 Å². The van der Waals surface area contributed by atoms with Crippen LogP contribution in [0.5, 0.6) is 0 Å². The Morgan fingerprint density at radius 2 is 1.59 bits per heavy atom. The summed E-state index contributed by atoms with van der Waals surface area (Å²) in [5.74, 6) is -5.52. The molecular formula is C59H90Cl2N2O13. The molecule has 0 radical (unpaired) electrons. The van der Waals surface area contributed by atoms with Crippen molar-refractivity contribution in [3.05, 3.63) is 52.0 Å². The summed E-state index contributed by atoms with van der Waals surface area (Å²) in [4.78, 5) is 72.0. The van der Waals surface area contributed by atoms with Crippen molar-refractivity contribution >= 4 is 52.9 Å². The second-order valence-corrected chi connectivity index (χ2v) is 24.1. The third-order valence-electron chi connectivity index (χ3n) is 17.9. The molecule has 5 heterocycles. The Kier molecular flexibility index (Phi) is 22.1. The van der Waals surface area contributed by atoms with Crippen molar-refractivity contribution < 1.29 is 62.9 Å². The zero-order chi connectivity index (χ0) is 55.9. The predicted octanol–water partition coefficient (Wildman–Crippen LogP) is 9.83. The molecule has 1 aromatic carbocycles. The van der Waals surface area contributed by atoms with Crippen LogP contribution in [-0.2, 0) is 52.6 Å². The number of methoxy groups -OCH3 is 1. The Bertz CT molecular complexity index is 2190. The van der Waals surface area contributed by atoms with Gasteiger partial charge < -0.3 is 38.8 Å². The molecule has 5 aliphatic rings. The molecule has 4 fully saturated rings. The topological polar surface area (TPSA) is 180 Å². The fraction of sp³-hybridized carbons (Fsp3) is 0.763. The number of ether oxygens (including phenoxy) is 5. The molecule has 1 spiro atoms. The number of nitrogens with zero attached hydrogens (tertiary/aromatic N) is 2. The summed E-state index contributed by atoms with van der Waals surface area (Å²) in [5.41, 5.74) is -1.08. The number of Topliss-reactive ketones (excluding diaryl/α,β-unsaturated/α-hetero) is 1. The van der Waals surface area contributed by atoms with E-state index in [2.05, 4.69) is 18.7 Å². The zero-order valence-corrected chi connectivity index (χ0v) is 48.9. The molecule has 0 bridgehead atoms. The number of allylic oxidation sites excluding steroid dienone is 1. The lowest BCUT2D eigenvalue weighted by Crippen LogP contribution is -2.56. The lowest BCUT2D eigenvalue weighted by Gasteiger charge is -2.47. The molecule has 76 heavy (non-hydrogen) atoms. The normalized spacial score (nSPS) is 35.7. The van der Waals surface area contributed by atoms with Crippen molar-refractivity contribution in [2.24, 2.45) is 47.3 Å². The van der Waals surface area contributed by atoms with Gasteiger partial charge in [0.25, 0.3) is 0 Å². The minimum Gasteiger partial charge on any atom is -0.469 e. The number of aliphatic hydroxyl groups excluding tert-OH is 1. The van der Waals surface area contributed by atoms with Crippen molar-refractivity contribution in [1.29, 1.82) is 0 Å². The van der Waals surface area contributed by atoms with Crippen molar-refractivity contribution in [1.82, 2.24) is 9.80 Å². The fourth-order valence-corrected chi connectivity index (χ4v) is 13.3. The Labute approximate surface area is 462 Å². The molecule has 2 N–H and O–H groups in total. The van der Waals surface area contributed by atoms with Crippen LogP contribution in [0.2, 0.25) is 10.0 Å². The van der Waals surface area contributed by atoms with Crippen LogP contribution in [0.4, 0.5) is 0 Å². The van der Waals surface area contributed by atoms with Crippen LogP contribution in [0.1, 0.15) is 146 Å². The van der Waals surface area contributed by atoms with E-state index in [-0.39, 0.29) is 47.6 Å². The average molecular weight is 1110 g/mol. The number of carbonyl (C=O) groups excluding carboxylic acids is 4. The van der Waals surface area contributed by atoms with Gasteiger partial charge in [-0.3, -0.25) is 24.1 Å². The highest BCUT2D eigenvalue weighted by atomic mass is 35.5. The summed E-state index contributed by atoms with van der Waals surface area (Å²) >= 11 is 12.5. The molecule has 4 saturated heterocycles. The number of piperazine rings is 1. The van der Waals surface area contributed by atoms with E-state index in [9.17, 15) is 29.4 Å². The first-order chi connectivity index (χ1) is 35.9. The maximum atomic E-state index is 15.0. The van der Waals surface area contributed by atoms with E-state index >= 15 is 0 Å². The monoisotopic (exact) mass is 1100 g/mol. The summed E-state index contributed by atoms with van der Waals surface area (Å²) < 4.78 is 31.4.